The van der Waals surface area contributed by atoms with Gasteiger partial charge in [0.1, 0.15) is 5.69 Å². The first kappa shape index (κ1) is 14.6. The molecule has 1 aromatic rings. The van der Waals surface area contributed by atoms with Crippen LogP contribution in [0.3, 0.4) is 0 Å². The molecule has 20 heavy (non-hydrogen) atoms. The maximum Gasteiger partial charge on any atom is 0.310 e. The van der Waals surface area contributed by atoms with E-state index in [0.29, 0.717) is 18.8 Å². The largest absolute Gasteiger partial charge is 0.469 e. The Morgan fingerprint density at radius 3 is 2.85 bits per heavy atom. The van der Waals surface area contributed by atoms with Crippen molar-refractivity contribution in [1.29, 1.82) is 0 Å². The Hall–Kier alpha value is -1.85. The SMILES string of the molecule is CCc1cc(C(=O)N2CCCC(C(=O)OC)C2)n(C)n1. The Kier molecular flexibility index (Phi) is 4.42. The molecule has 1 aliphatic heterocycles. The molecule has 1 fully saturated rings. The van der Waals surface area contributed by atoms with Crippen LogP contribution in [0.15, 0.2) is 6.07 Å². The fourth-order valence-electron chi connectivity index (χ4n) is 2.58. The van der Waals surface area contributed by atoms with Crippen LogP contribution in [0, 0.1) is 5.92 Å². The van der Waals surface area contributed by atoms with Crippen molar-refractivity contribution < 1.29 is 14.3 Å². The Bertz CT molecular complexity index is 510. The van der Waals surface area contributed by atoms with Crippen molar-refractivity contribution in [3.05, 3.63) is 17.5 Å². The third-order valence-electron chi connectivity index (χ3n) is 3.75. The van der Waals surface area contributed by atoms with Crippen LogP contribution in [0.4, 0.5) is 0 Å². The molecule has 0 N–H and O–H groups in total. The number of aromatic nitrogens is 2. The molecule has 2 heterocycles. The molecule has 1 atom stereocenters. The summed E-state index contributed by atoms with van der Waals surface area (Å²) in [6.07, 6.45) is 2.40. The minimum atomic E-state index is -0.234. The molecule has 1 unspecified atom stereocenters. The highest BCUT2D eigenvalue weighted by Crippen LogP contribution is 2.20. The average molecular weight is 279 g/mol. The third kappa shape index (κ3) is 2.84. The zero-order chi connectivity index (χ0) is 14.7. The first-order valence-corrected chi connectivity index (χ1v) is 6.96. The molecular formula is C14H21N3O3. The van der Waals surface area contributed by atoms with E-state index in [1.54, 1.807) is 16.6 Å². The summed E-state index contributed by atoms with van der Waals surface area (Å²) in [4.78, 5) is 25.9. The summed E-state index contributed by atoms with van der Waals surface area (Å²) in [5.74, 6) is -0.508. The summed E-state index contributed by atoms with van der Waals surface area (Å²) in [6, 6.07) is 1.82. The summed E-state index contributed by atoms with van der Waals surface area (Å²) in [7, 11) is 3.16. The normalized spacial score (nSPS) is 18.9. The minimum Gasteiger partial charge on any atom is -0.469 e. The van der Waals surface area contributed by atoms with Crippen LogP contribution in [0.1, 0.15) is 35.9 Å². The number of hydrogen-bond donors (Lipinski definition) is 0. The van der Waals surface area contributed by atoms with Gasteiger partial charge in [-0.2, -0.15) is 5.10 Å². The van der Waals surface area contributed by atoms with Crippen molar-refractivity contribution in [3.63, 3.8) is 0 Å². The van der Waals surface area contributed by atoms with Gasteiger partial charge in [-0.1, -0.05) is 6.92 Å². The van der Waals surface area contributed by atoms with Gasteiger partial charge in [-0.25, -0.2) is 0 Å². The maximum atomic E-state index is 12.5. The third-order valence-corrected chi connectivity index (χ3v) is 3.75. The van der Waals surface area contributed by atoms with Crippen molar-refractivity contribution in [1.82, 2.24) is 14.7 Å². The summed E-state index contributed by atoms with van der Waals surface area (Å²) >= 11 is 0. The first-order valence-electron chi connectivity index (χ1n) is 6.96. The number of carbonyl (C=O) groups is 2. The highest BCUT2D eigenvalue weighted by Gasteiger charge is 2.30. The number of piperidine rings is 1. The molecule has 2 rings (SSSR count). The van der Waals surface area contributed by atoms with E-state index in [1.165, 1.54) is 7.11 Å². The average Bonchev–Trinajstić information content (AvgIpc) is 2.87. The van der Waals surface area contributed by atoms with Crippen molar-refractivity contribution in [2.24, 2.45) is 13.0 Å². The minimum absolute atomic E-state index is 0.0618. The van der Waals surface area contributed by atoms with E-state index < -0.39 is 0 Å². The van der Waals surface area contributed by atoms with Gasteiger partial charge < -0.3 is 9.64 Å². The maximum absolute atomic E-state index is 12.5. The number of carbonyl (C=O) groups excluding carboxylic acids is 2. The Morgan fingerprint density at radius 1 is 1.50 bits per heavy atom. The molecule has 0 bridgehead atoms. The lowest BCUT2D eigenvalue weighted by molar-refractivity contribution is -0.146. The number of aryl methyl sites for hydroxylation is 2. The van der Waals surface area contributed by atoms with E-state index >= 15 is 0 Å². The molecule has 1 saturated heterocycles. The summed E-state index contributed by atoms with van der Waals surface area (Å²) < 4.78 is 6.39. The summed E-state index contributed by atoms with van der Waals surface area (Å²) in [5.41, 5.74) is 1.48. The molecule has 6 nitrogen and oxygen atoms in total. The van der Waals surface area contributed by atoms with E-state index in [-0.39, 0.29) is 17.8 Å². The Balaban J connectivity index is 2.12. The van der Waals surface area contributed by atoms with Crippen molar-refractivity contribution in [3.8, 4) is 0 Å². The van der Waals surface area contributed by atoms with E-state index in [4.69, 9.17) is 4.74 Å². The molecule has 0 aromatic carbocycles. The van der Waals surface area contributed by atoms with E-state index in [2.05, 4.69) is 5.10 Å². The van der Waals surface area contributed by atoms with Crippen molar-refractivity contribution in [2.75, 3.05) is 20.2 Å². The molecule has 110 valence electrons. The number of nitrogens with zero attached hydrogens (tertiary/aromatic N) is 3. The number of amides is 1. The molecule has 0 radical (unpaired) electrons. The van der Waals surface area contributed by atoms with Gasteiger partial charge in [0.15, 0.2) is 0 Å². The zero-order valence-electron chi connectivity index (χ0n) is 12.3. The first-order chi connectivity index (χ1) is 9.56. The van der Waals surface area contributed by atoms with E-state index in [0.717, 1.165) is 25.0 Å². The number of rotatable bonds is 3. The number of likely N-dealkylation sites (tertiary alicyclic amines) is 1. The van der Waals surface area contributed by atoms with Crippen LogP contribution in [0.2, 0.25) is 0 Å². The van der Waals surface area contributed by atoms with Crippen LogP contribution < -0.4 is 0 Å². The monoisotopic (exact) mass is 279 g/mol. The van der Waals surface area contributed by atoms with Crippen LogP contribution in [0.25, 0.3) is 0 Å². The number of hydrogen-bond acceptors (Lipinski definition) is 4. The fraction of sp³-hybridized carbons (Fsp3) is 0.643. The van der Waals surface area contributed by atoms with Gasteiger partial charge in [0.25, 0.3) is 5.91 Å². The van der Waals surface area contributed by atoms with E-state index in [9.17, 15) is 9.59 Å². The molecular weight excluding hydrogens is 258 g/mol. The van der Waals surface area contributed by atoms with Crippen LogP contribution in [0.5, 0.6) is 0 Å². The topological polar surface area (TPSA) is 64.4 Å². The molecule has 6 heteroatoms. The van der Waals surface area contributed by atoms with Crippen LogP contribution in [-0.4, -0.2) is 46.8 Å². The zero-order valence-corrected chi connectivity index (χ0v) is 12.3. The second kappa shape index (κ2) is 6.07. The lowest BCUT2D eigenvalue weighted by Crippen LogP contribution is -2.43. The lowest BCUT2D eigenvalue weighted by Gasteiger charge is -2.31. The molecule has 0 spiro atoms. The fourth-order valence-corrected chi connectivity index (χ4v) is 2.58. The smallest absolute Gasteiger partial charge is 0.310 e. The molecule has 0 aliphatic carbocycles. The highest BCUT2D eigenvalue weighted by atomic mass is 16.5. The van der Waals surface area contributed by atoms with Gasteiger partial charge in [0.05, 0.1) is 18.7 Å². The van der Waals surface area contributed by atoms with Gasteiger partial charge in [-0.15, -0.1) is 0 Å². The predicted molar refractivity (Wildman–Crippen MR) is 73.2 cm³/mol. The number of ether oxygens (including phenoxy) is 1. The van der Waals surface area contributed by atoms with Crippen molar-refractivity contribution in [2.45, 2.75) is 26.2 Å². The predicted octanol–water partition coefficient (Wildman–Crippen LogP) is 1.01. The van der Waals surface area contributed by atoms with Crippen LogP contribution in [-0.2, 0) is 23.0 Å². The number of esters is 1. The molecule has 1 aliphatic rings. The highest BCUT2D eigenvalue weighted by molar-refractivity contribution is 5.93. The molecule has 1 amide bonds. The van der Waals surface area contributed by atoms with Crippen LogP contribution >= 0.6 is 0 Å². The molecule has 1 aromatic heterocycles. The lowest BCUT2D eigenvalue weighted by atomic mass is 9.98. The van der Waals surface area contributed by atoms with E-state index in [1.807, 2.05) is 13.0 Å². The number of methoxy groups -OCH3 is 1. The van der Waals surface area contributed by atoms with Crippen molar-refractivity contribution >= 4 is 11.9 Å². The van der Waals surface area contributed by atoms with Gasteiger partial charge in [-0.05, 0) is 25.3 Å². The van der Waals surface area contributed by atoms with Gasteiger partial charge >= 0.3 is 5.97 Å². The quantitative estimate of drug-likeness (QED) is 0.775. The Labute approximate surface area is 118 Å². The second-order valence-corrected chi connectivity index (χ2v) is 5.11. The van der Waals surface area contributed by atoms with Gasteiger partial charge in [0.2, 0.25) is 0 Å². The van der Waals surface area contributed by atoms with Gasteiger partial charge in [0, 0.05) is 20.1 Å². The Morgan fingerprint density at radius 2 is 2.25 bits per heavy atom. The summed E-state index contributed by atoms with van der Waals surface area (Å²) in [6.45, 7) is 3.11. The van der Waals surface area contributed by atoms with Gasteiger partial charge in [-0.3, -0.25) is 14.3 Å². The summed E-state index contributed by atoms with van der Waals surface area (Å²) in [5, 5.41) is 4.29. The standard InChI is InChI=1S/C14H21N3O3/c1-4-11-8-12(16(2)15-11)13(18)17-7-5-6-10(9-17)14(19)20-3/h8,10H,4-7,9H2,1-3H3. The molecule has 0 saturated carbocycles. The second-order valence-electron chi connectivity index (χ2n) is 5.11.